The molecule has 1 N–H and O–H groups in total. The van der Waals surface area contributed by atoms with Crippen molar-refractivity contribution in [2.45, 2.75) is 13.1 Å². The molecule has 0 bridgehead atoms. The Hall–Kier alpha value is -3.68. The molecule has 0 radical (unpaired) electrons. The Bertz CT molecular complexity index is 990. The summed E-state index contributed by atoms with van der Waals surface area (Å²) < 4.78 is 12.3. The molecule has 4 rings (SSSR count). The summed E-state index contributed by atoms with van der Waals surface area (Å²) in [6.45, 7) is 0.932. The normalized spacial score (nSPS) is 10.8. The molecule has 0 saturated carbocycles. The molecule has 8 nitrogen and oxygen atoms in total. The first-order chi connectivity index (χ1) is 12.8. The summed E-state index contributed by atoms with van der Waals surface area (Å²) in [7, 11) is 0. The zero-order valence-corrected chi connectivity index (χ0v) is 13.7. The fourth-order valence-electron chi connectivity index (χ4n) is 2.62. The molecule has 130 valence electrons. The van der Waals surface area contributed by atoms with Gasteiger partial charge in [-0.05, 0) is 23.3 Å². The van der Waals surface area contributed by atoms with Crippen LogP contribution in [0.5, 0.6) is 0 Å². The standard InChI is InChI=1S/C18H15N5O3/c24-18(16-17(26-12-21-16)15-6-3-7-25-15)20-8-13-4-1-2-5-14(13)9-23-11-19-10-22-23/h1-7,10-12H,8-9H2,(H,20,24). The second-order valence-corrected chi connectivity index (χ2v) is 5.55. The lowest BCUT2D eigenvalue weighted by atomic mass is 10.1. The largest absolute Gasteiger partial charge is 0.461 e. The Balaban J connectivity index is 1.48. The molecule has 26 heavy (non-hydrogen) atoms. The van der Waals surface area contributed by atoms with Crippen LogP contribution in [-0.4, -0.2) is 25.7 Å². The Kier molecular flexibility index (Phi) is 4.29. The SMILES string of the molecule is O=C(NCc1ccccc1Cn1cncn1)c1ncoc1-c1ccco1. The number of carbonyl (C=O) groups excluding carboxylic acids is 1. The van der Waals surface area contributed by atoms with E-state index in [9.17, 15) is 4.79 Å². The summed E-state index contributed by atoms with van der Waals surface area (Å²) in [5, 5.41) is 6.99. The highest BCUT2D eigenvalue weighted by molar-refractivity contribution is 5.97. The maximum atomic E-state index is 12.5. The number of rotatable bonds is 6. The number of amides is 1. The Morgan fingerprint density at radius 3 is 2.77 bits per heavy atom. The van der Waals surface area contributed by atoms with Crippen LogP contribution in [0.1, 0.15) is 21.6 Å². The van der Waals surface area contributed by atoms with Crippen molar-refractivity contribution in [2.75, 3.05) is 0 Å². The predicted octanol–water partition coefficient (Wildman–Crippen LogP) is 2.50. The first-order valence-corrected chi connectivity index (χ1v) is 7.96. The number of benzene rings is 1. The van der Waals surface area contributed by atoms with Crippen LogP contribution in [-0.2, 0) is 13.1 Å². The van der Waals surface area contributed by atoms with Crippen molar-refractivity contribution in [2.24, 2.45) is 0 Å². The van der Waals surface area contributed by atoms with Crippen LogP contribution in [0.3, 0.4) is 0 Å². The van der Waals surface area contributed by atoms with Crippen LogP contribution in [0, 0.1) is 0 Å². The number of hydrogen-bond donors (Lipinski definition) is 1. The quantitative estimate of drug-likeness (QED) is 0.574. The molecule has 0 spiro atoms. The summed E-state index contributed by atoms with van der Waals surface area (Å²) in [5.74, 6) is 0.434. The molecule has 0 atom stereocenters. The van der Waals surface area contributed by atoms with E-state index >= 15 is 0 Å². The van der Waals surface area contributed by atoms with Gasteiger partial charge in [0.1, 0.15) is 12.7 Å². The minimum absolute atomic E-state index is 0.189. The van der Waals surface area contributed by atoms with E-state index in [1.54, 1.807) is 23.1 Å². The van der Waals surface area contributed by atoms with Crippen LogP contribution < -0.4 is 5.32 Å². The third-order valence-corrected chi connectivity index (χ3v) is 3.88. The molecule has 0 aliphatic heterocycles. The van der Waals surface area contributed by atoms with Gasteiger partial charge >= 0.3 is 0 Å². The third-order valence-electron chi connectivity index (χ3n) is 3.88. The molecule has 1 aromatic carbocycles. The van der Waals surface area contributed by atoms with Gasteiger partial charge in [-0.1, -0.05) is 24.3 Å². The van der Waals surface area contributed by atoms with Crippen molar-refractivity contribution < 1.29 is 13.6 Å². The van der Waals surface area contributed by atoms with Gasteiger partial charge in [-0.15, -0.1) is 0 Å². The van der Waals surface area contributed by atoms with Crippen molar-refractivity contribution >= 4 is 5.91 Å². The summed E-state index contributed by atoms with van der Waals surface area (Å²) in [6.07, 6.45) is 5.89. The first-order valence-electron chi connectivity index (χ1n) is 7.96. The number of oxazole rings is 1. The molecule has 0 aliphatic carbocycles. The van der Waals surface area contributed by atoms with Crippen molar-refractivity contribution in [1.82, 2.24) is 25.1 Å². The van der Waals surface area contributed by atoms with Crippen LogP contribution in [0.25, 0.3) is 11.5 Å². The second kappa shape index (κ2) is 7.06. The van der Waals surface area contributed by atoms with Crippen molar-refractivity contribution in [3.63, 3.8) is 0 Å². The highest BCUT2D eigenvalue weighted by Crippen LogP contribution is 2.23. The van der Waals surface area contributed by atoms with Crippen LogP contribution in [0.4, 0.5) is 0 Å². The number of nitrogens with zero attached hydrogens (tertiary/aromatic N) is 4. The van der Waals surface area contributed by atoms with Crippen LogP contribution in [0.15, 0.2) is 70.5 Å². The fourth-order valence-corrected chi connectivity index (χ4v) is 2.62. The number of aromatic nitrogens is 4. The van der Waals surface area contributed by atoms with E-state index in [0.717, 1.165) is 11.1 Å². The lowest BCUT2D eigenvalue weighted by molar-refractivity contribution is 0.0946. The summed E-state index contributed by atoms with van der Waals surface area (Å²) in [4.78, 5) is 20.5. The molecule has 0 fully saturated rings. The average Bonchev–Trinajstić information content (AvgIpc) is 3.41. The number of furan rings is 1. The van der Waals surface area contributed by atoms with Gasteiger partial charge in [0.2, 0.25) is 5.76 Å². The number of carbonyl (C=O) groups is 1. The Labute approximate surface area is 148 Å². The van der Waals surface area contributed by atoms with E-state index in [1.807, 2.05) is 24.3 Å². The van der Waals surface area contributed by atoms with Crippen molar-refractivity contribution in [3.8, 4) is 11.5 Å². The maximum Gasteiger partial charge on any atom is 0.274 e. The Morgan fingerprint density at radius 1 is 1.12 bits per heavy atom. The number of nitrogens with one attached hydrogen (secondary N) is 1. The molecule has 0 saturated heterocycles. The van der Waals surface area contributed by atoms with Gasteiger partial charge in [-0.25, -0.2) is 14.6 Å². The molecular formula is C18H15N5O3. The summed E-state index contributed by atoms with van der Waals surface area (Å²) in [6, 6.07) is 11.3. The fraction of sp³-hybridized carbons (Fsp3) is 0.111. The topological polar surface area (TPSA) is 99.0 Å². The Morgan fingerprint density at radius 2 is 2.00 bits per heavy atom. The lowest BCUT2D eigenvalue weighted by Gasteiger charge is -2.10. The second-order valence-electron chi connectivity index (χ2n) is 5.55. The molecule has 1 amide bonds. The molecular weight excluding hydrogens is 334 g/mol. The lowest BCUT2D eigenvalue weighted by Crippen LogP contribution is -2.24. The molecule has 4 aromatic rings. The van der Waals surface area contributed by atoms with E-state index in [0.29, 0.717) is 24.6 Å². The minimum Gasteiger partial charge on any atom is -0.461 e. The zero-order chi connectivity index (χ0) is 17.8. The van der Waals surface area contributed by atoms with Gasteiger partial charge in [0.05, 0.1) is 12.8 Å². The van der Waals surface area contributed by atoms with E-state index in [2.05, 4.69) is 20.4 Å². The minimum atomic E-state index is -0.333. The highest BCUT2D eigenvalue weighted by Gasteiger charge is 2.20. The molecule has 0 unspecified atom stereocenters. The molecule has 8 heteroatoms. The first kappa shape index (κ1) is 15.8. The van der Waals surface area contributed by atoms with Gasteiger partial charge in [-0.2, -0.15) is 5.10 Å². The van der Waals surface area contributed by atoms with Gasteiger partial charge in [0, 0.05) is 6.54 Å². The van der Waals surface area contributed by atoms with Crippen molar-refractivity contribution in [3.05, 3.63) is 78.5 Å². The van der Waals surface area contributed by atoms with Crippen LogP contribution in [0.2, 0.25) is 0 Å². The maximum absolute atomic E-state index is 12.5. The molecule has 3 aromatic heterocycles. The highest BCUT2D eigenvalue weighted by atomic mass is 16.4. The van der Waals surface area contributed by atoms with E-state index < -0.39 is 0 Å². The van der Waals surface area contributed by atoms with Gasteiger partial charge < -0.3 is 14.2 Å². The predicted molar refractivity (Wildman–Crippen MR) is 90.9 cm³/mol. The van der Waals surface area contributed by atoms with Gasteiger partial charge in [-0.3, -0.25) is 4.79 Å². The van der Waals surface area contributed by atoms with Gasteiger partial charge in [0.15, 0.2) is 17.8 Å². The summed E-state index contributed by atoms with van der Waals surface area (Å²) >= 11 is 0. The smallest absolute Gasteiger partial charge is 0.274 e. The van der Waals surface area contributed by atoms with Crippen LogP contribution >= 0.6 is 0 Å². The monoisotopic (exact) mass is 349 g/mol. The number of hydrogen-bond acceptors (Lipinski definition) is 6. The van der Waals surface area contributed by atoms with E-state index in [-0.39, 0.29) is 11.6 Å². The van der Waals surface area contributed by atoms with E-state index in [4.69, 9.17) is 8.83 Å². The van der Waals surface area contributed by atoms with Gasteiger partial charge in [0.25, 0.3) is 5.91 Å². The molecule has 3 heterocycles. The molecule has 0 aliphatic rings. The average molecular weight is 349 g/mol. The third kappa shape index (κ3) is 3.25. The zero-order valence-electron chi connectivity index (χ0n) is 13.7. The summed E-state index contributed by atoms with van der Waals surface area (Å²) in [5.41, 5.74) is 2.22. The van der Waals surface area contributed by atoms with E-state index in [1.165, 1.54) is 19.0 Å². The van der Waals surface area contributed by atoms with Crippen molar-refractivity contribution in [1.29, 1.82) is 0 Å².